The lowest BCUT2D eigenvalue weighted by Crippen LogP contribution is -2.36. The van der Waals surface area contributed by atoms with Crippen LogP contribution in [0.3, 0.4) is 0 Å². The molecule has 1 fully saturated rings. The van der Waals surface area contributed by atoms with Crippen molar-refractivity contribution in [1.82, 2.24) is 9.88 Å². The number of rotatable bonds is 2. The highest BCUT2D eigenvalue weighted by Crippen LogP contribution is 2.22. The van der Waals surface area contributed by atoms with Crippen molar-refractivity contribution in [3.8, 4) is 11.8 Å². The third-order valence-corrected chi connectivity index (χ3v) is 3.00. The third kappa shape index (κ3) is 4.09. The molecule has 0 N–H and O–H groups in total. The predicted octanol–water partition coefficient (Wildman–Crippen LogP) is 2.34. The third-order valence-electron chi connectivity index (χ3n) is 3.00. The predicted molar refractivity (Wildman–Crippen MR) is 75.8 cm³/mol. The van der Waals surface area contributed by atoms with Gasteiger partial charge in [-0.2, -0.15) is 5.26 Å². The lowest BCUT2D eigenvalue weighted by atomic mass is 10.2. The molecule has 0 aliphatic carbocycles. The fourth-order valence-electron chi connectivity index (χ4n) is 2.06. The van der Waals surface area contributed by atoms with Gasteiger partial charge >= 0.3 is 6.09 Å². The molecule has 0 saturated carbocycles. The van der Waals surface area contributed by atoms with Gasteiger partial charge in [0.05, 0.1) is 18.3 Å². The Balaban J connectivity index is 1.94. The quantitative estimate of drug-likeness (QED) is 0.835. The SMILES string of the molecule is CC(C)(C)OC(=O)N1CCC(Oc2cnccc2C#N)C1. The van der Waals surface area contributed by atoms with Crippen molar-refractivity contribution in [2.24, 2.45) is 0 Å². The van der Waals surface area contributed by atoms with Gasteiger partial charge in [-0.05, 0) is 26.8 Å². The summed E-state index contributed by atoms with van der Waals surface area (Å²) in [6.45, 7) is 6.55. The van der Waals surface area contributed by atoms with E-state index in [1.54, 1.807) is 17.2 Å². The molecule has 6 nitrogen and oxygen atoms in total. The van der Waals surface area contributed by atoms with E-state index in [-0.39, 0.29) is 12.2 Å². The molecule has 1 unspecified atom stereocenters. The molecule has 0 aromatic carbocycles. The zero-order valence-corrected chi connectivity index (χ0v) is 12.5. The molecular formula is C15H19N3O3. The number of carbonyl (C=O) groups excluding carboxylic acids is 1. The van der Waals surface area contributed by atoms with Crippen LogP contribution in [0.1, 0.15) is 32.8 Å². The van der Waals surface area contributed by atoms with E-state index in [0.717, 1.165) is 0 Å². The Kier molecular flexibility index (Phi) is 4.32. The molecule has 0 bridgehead atoms. The fraction of sp³-hybridized carbons (Fsp3) is 0.533. The van der Waals surface area contributed by atoms with Crippen LogP contribution in [0.5, 0.6) is 5.75 Å². The van der Waals surface area contributed by atoms with Crippen LogP contribution in [0.4, 0.5) is 4.79 Å². The van der Waals surface area contributed by atoms with Crippen molar-refractivity contribution < 1.29 is 14.3 Å². The topological polar surface area (TPSA) is 75.4 Å². The van der Waals surface area contributed by atoms with Crippen molar-refractivity contribution in [3.63, 3.8) is 0 Å². The number of pyridine rings is 1. The van der Waals surface area contributed by atoms with E-state index in [1.807, 2.05) is 20.8 Å². The highest BCUT2D eigenvalue weighted by atomic mass is 16.6. The van der Waals surface area contributed by atoms with Gasteiger partial charge in [-0.25, -0.2) is 4.79 Å². The van der Waals surface area contributed by atoms with Gasteiger partial charge in [-0.15, -0.1) is 0 Å². The van der Waals surface area contributed by atoms with Gasteiger partial charge in [0.15, 0.2) is 5.75 Å². The van der Waals surface area contributed by atoms with E-state index in [1.165, 1.54) is 6.20 Å². The van der Waals surface area contributed by atoms with Crippen molar-refractivity contribution in [1.29, 1.82) is 5.26 Å². The van der Waals surface area contributed by atoms with Gasteiger partial charge in [0, 0.05) is 19.2 Å². The molecule has 1 aliphatic rings. The van der Waals surface area contributed by atoms with Gasteiger partial charge in [0.2, 0.25) is 0 Å². The number of aromatic nitrogens is 1. The molecule has 1 saturated heterocycles. The van der Waals surface area contributed by atoms with Crippen LogP contribution < -0.4 is 4.74 Å². The number of likely N-dealkylation sites (tertiary alicyclic amines) is 1. The number of hydrogen-bond donors (Lipinski definition) is 0. The standard InChI is InChI=1S/C15H19N3O3/c1-15(2,3)21-14(19)18-7-5-12(10-18)20-13-9-17-6-4-11(13)8-16/h4,6,9,12H,5,7,10H2,1-3H3. The summed E-state index contributed by atoms with van der Waals surface area (Å²) in [4.78, 5) is 17.5. The van der Waals surface area contributed by atoms with E-state index in [9.17, 15) is 4.79 Å². The molecule has 0 radical (unpaired) electrons. The van der Waals surface area contributed by atoms with E-state index >= 15 is 0 Å². The monoisotopic (exact) mass is 289 g/mol. The van der Waals surface area contributed by atoms with Gasteiger partial charge in [0.25, 0.3) is 0 Å². The molecule has 2 rings (SSSR count). The number of ether oxygens (including phenoxy) is 2. The highest BCUT2D eigenvalue weighted by molar-refractivity contribution is 5.68. The summed E-state index contributed by atoms with van der Waals surface area (Å²) in [5.41, 5.74) is -0.0615. The number of nitriles is 1. The average molecular weight is 289 g/mol. The Morgan fingerprint density at radius 1 is 1.52 bits per heavy atom. The first-order valence-corrected chi connectivity index (χ1v) is 6.88. The van der Waals surface area contributed by atoms with Gasteiger partial charge in [-0.3, -0.25) is 4.98 Å². The van der Waals surface area contributed by atoms with Crippen molar-refractivity contribution in [2.75, 3.05) is 13.1 Å². The summed E-state index contributed by atoms with van der Waals surface area (Å²) in [6, 6.07) is 3.67. The zero-order chi connectivity index (χ0) is 15.5. The molecule has 1 amide bonds. The van der Waals surface area contributed by atoms with Gasteiger partial charge in [-0.1, -0.05) is 0 Å². The smallest absolute Gasteiger partial charge is 0.410 e. The van der Waals surface area contributed by atoms with Crippen molar-refractivity contribution in [2.45, 2.75) is 38.9 Å². The van der Waals surface area contributed by atoms with Crippen molar-refractivity contribution in [3.05, 3.63) is 24.0 Å². The van der Waals surface area contributed by atoms with Crippen LogP contribution in [0, 0.1) is 11.3 Å². The molecule has 6 heteroatoms. The first kappa shape index (κ1) is 15.1. The minimum Gasteiger partial charge on any atom is -0.485 e. The Morgan fingerprint density at radius 2 is 2.29 bits per heavy atom. The first-order chi connectivity index (χ1) is 9.89. The van der Waals surface area contributed by atoms with Crippen molar-refractivity contribution >= 4 is 6.09 Å². The average Bonchev–Trinajstić information content (AvgIpc) is 2.86. The first-order valence-electron chi connectivity index (χ1n) is 6.88. The maximum atomic E-state index is 12.0. The Bertz CT molecular complexity index is 560. The second kappa shape index (κ2) is 6.00. The lowest BCUT2D eigenvalue weighted by Gasteiger charge is -2.24. The number of hydrogen-bond acceptors (Lipinski definition) is 5. The Morgan fingerprint density at radius 3 is 2.95 bits per heavy atom. The summed E-state index contributed by atoms with van der Waals surface area (Å²) < 4.78 is 11.1. The Labute approximate surface area is 124 Å². The van der Waals surface area contributed by atoms with E-state index in [4.69, 9.17) is 14.7 Å². The summed E-state index contributed by atoms with van der Waals surface area (Å²) >= 11 is 0. The lowest BCUT2D eigenvalue weighted by molar-refractivity contribution is 0.0275. The molecule has 1 aromatic rings. The highest BCUT2D eigenvalue weighted by Gasteiger charge is 2.31. The van der Waals surface area contributed by atoms with Crippen LogP contribution in [-0.4, -0.2) is 40.8 Å². The molecule has 2 heterocycles. The summed E-state index contributed by atoms with van der Waals surface area (Å²) in [5.74, 6) is 0.455. The second-order valence-electron chi connectivity index (χ2n) is 5.94. The number of nitrogens with zero attached hydrogens (tertiary/aromatic N) is 3. The van der Waals surface area contributed by atoms with Gasteiger partial charge < -0.3 is 14.4 Å². The van der Waals surface area contributed by atoms with Crippen LogP contribution in [0.25, 0.3) is 0 Å². The molecule has 112 valence electrons. The maximum absolute atomic E-state index is 12.0. The normalized spacial score (nSPS) is 18.2. The molecule has 1 aliphatic heterocycles. The van der Waals surface area contributed by atoms with E-state index in [0.29, 0.717) is 30.8 Å². The maximum Gasteiger partial charge on any atom is 0.410 e. The largest absolute Gasteiger partial charge is 0.485 e. The minimum absolute atomic E-state index is 0.145. The second-order valence-corrected chi connectivity index (χ2v) is 5.94. The molecular weight excluding hydrogens is 270 g/mol. The van der Waals surface area contributed by atoms with E-state index < -0.39 is 5.60 Å². The fourth-order valence-corrected chi connectivity index (χ4v) is 2.06. The Hall–Kier alpha value is -2.29. The summed E-state index contributed by atoms with van der Waals surface area (Å²) in [5, 5.41) is 9.02. The molecule has 0 spiro atoms. The van der Waals surface area contributed by atoms with Gasteiger partial charge in [0.1, 0.15) is 17.8 Å². The van der Waals surface area contributed by atoms with E-state index in [2.05, 4.69) is 11.1 Å². The van der Waals surface area contributed by atoms with Crippen LogP contribution in [0.2, 0.25) is 0 Å². The minimum atomic E-state index is -0.507. The van der Waals surface area contributed by atoms with Crippen LogP contribution in [0.15, 0.2) is 18.5 Å². The number of carbonyl (C=O) groups is 1. The molecule has 1 atom stereocenters. The molecule has 21 heavy (non-hydrogen) atoms. The van der Waals surface area contributed by atoms with Crippen LogP contribution >= 0.6 is 0 Å². The molecule has 1 aromatic heterocycles. The zero-order valence-electron chi connectivity index (χ0n) is 12.5. The summed E-state index contributed by atoms with van der Waals surface area (Å²) in [6.07, 6.45) is 3.30. The van der Waals surface area contributed by atoms with Crippen LogP contribution in [-0.2, 0) is 4.74 Å². The summed E-state index contributed by atoms with van der Waals surface area (Å²) in [7, 11) is 0. The number of amides is 1.